The Hall–Kier alpha value is -2.11. The van der Waals surface area contributed by atoms with Crippen molar-refractivity contribution in [2.75, 3.05) is 0 Å². The van der Waals surface area contributed by atoms with E-state index in [1.165, 1.54) is 32.1 Å². The third kappa shape index (κ3) is 4.24. The largest absolute Gasteiger partial charge is 0.419 e. The van der Waals surface area contributed by atoms with E-state index in [0.717, 1.165) is 18.5 Å². The first-order valence-corrected chi connectivity index (χ1v) is 9.03. The summed E-state index contributed by atoms with van der Waals surface area (Å²) in [5.74, 6) is 1.13. The molecule has 6 heteroatoms. The van der Waals surface area contributed by atoms with Crippen molar-refractivity contribution in [3.63, 3.8) is 0 Å². The third-order valence-electron chi connectivity index (χ3n) is 4.60. The minimum Gasteiger partial charge on any atom is -0.419 e. The van der Waals surface area contributed by atoms with Crippen LogP contribution >= 0.6 is 0 Å². The molecule has 2 aromatic rings. The Kier molecular flexibility index (Phi) is 5.67. The molecule has 0 atom stereocenters. The second kappa shape index (κ2) is 8.13. The molecule has 1 saturated carbocycles. The minimum absolute atomic E-state index is 0.0493. The Morgan fingerprint density at radius 3 is 2.71 bits per heavy atom. The summed E-state index contributed by atoms with van der Waals surface area (Å²) in [6.07, 6.45) is 11.1. The quantitative estimate of drug-likeness (QED) is 0.912. The molecule has 1 N–H and O–H groups in total. The Morgan fingerprint density at radius 2 is 2.00 bits per heavy atom. The Bertz CT molecular complexity index is 654. The maximum Gasteiger partial charge on any atom is 0.264 e. The number of carbonyl (C=O) groups excluding carboxylic acids is 1. The Labute approximate surface area is 142 Å². The summed E-state index contributed by atoms with van der Waals surface area (Å²) >= 11 is 0. The molecule has 130 valence electrons. The van der Waals surface area contributed by atoms with Crippen molar-refractivity contribution >= 4 is 5.91 Å². The van der Waals surface area contributed by atoms with Gasteiger partial charge in [-0.2, -0.15) is 0 Å². The molecule has 0 spiro atoms. The molecule has 0 radical (unpaired) electrons. The highest BCUT2D eigenvalue weighted by molar-refractivity contribution is 5.76. The molecular weight excluding hydrogens is 304 g/mol. The van der Waals surface area contributed by atoms with Crippen molar-refractivity contribution in [1.29, 1.82) is 0 Å². The van der Waals surface area contributed by atoms with Crippen LogP contribution in [0.4, 0.5) is 0 Å². The first kappa shape index (κ1) is 16.7. The minimum atomic E-state index is 0.0493. The van der Waals surface area contributed by atoms with E-state index in [-0.39, 0.29) is 12.5 Å². The lowest BCUT2D eigenvalue weighted by molar-refractivity contribution is -0.122. The van der Waals surface area contributed by atoms with Gasteiger partial charge in [-0.3, -0.25) is 4.79 Å². The van der Waals surface area contributed by atoms with Crippen molar-refractivity contribution in [1.82, 2.24) is 20.1 Å². The van der Waals surface area contributed by atoms with Crippen LogP contribution in [-0.2, 0) is 17.8 Å². The van der Waals surface area contributed by atoms with E-state index in [4.69, 9.17) is 4.42 Å². The standard InChI is InChI=1S/C18H26N4O2/c1-2-17-20-21-18(24-17)15-11-8-12-22(15)13-16(23)19-14-9-6-4-3-5-7-10-14/h8,11-12,14H,2-7,9-10,13H2,1H3,(H,19,23). The highest BCUT2D eigenvalue weighted by Crippen LogP contribution is 2.20. The van der Waals surface area contributed by atoms with Gasteiger partial charge in [0.25, 0.3) is 5.89 Å². The zero-order valence-corrected chi connectivity index (χ0v) is 14.3. The number of nitrogens with zero attached hydrogens (tertiary/aromatic N) is 3. The molecule has 6 nitrogen and oxygen atoms in total. The first-order chi connectivity index (χ1) is 11.8. The molecule has 1 fully saturated rings. The average Bonchev–Trinajstić information content (AvgIpc) is 3.18. The van der Waals surface area contributed by atoms with E-state index in [2.05, 4.69) is 15.5 Å². The van der Waals surface area contributed by atoms with Crippen molar-refractivity contribution in [3.05, 3.63) is 24.2 Å². The normalized spacial score (nSPS) is 16.5. The topological polar surface area (TPSA) is 73.0 Å². The molecule has 0 bridgehead atoms. The van der Waals surface area contributed by atoms with Gasteiger partial charge in [0.05, 0.1) is 0 Å². The summed E-state index contributed by atoms with van der Waals surface area (Å²) in [6, 6.07) is 4.11. The number of hydrogen-bond donors (Lipinski definition) is 1. The van der Waals surface area contributed by atoms with E-state index >= 15 is 0 Å². The zero-order valence-electron chi connectivity index (χ0n) is 14.3. The predicted molar refractivity (Wildman–Crippen MR) is 91.4 cm³/mol. The van der Waals surface area contributed by atoms with E-state index in [0.29, 0.717) is 24.2 Å². The number of nitrogens with one attached hydrogen (secondary N) is 1. The summed E-state index contributed by atoms with van der Waals surface area (Å²) < 4.78 is 7.47. The molecule has 2 heterocycles. The molecule has 0 saturated heterocycles. The molecule has 0 unspecified atom stereocenters. The number of aryl methyl sites for hydroxylation is 1. The van der Waals surface area contributed by atoms with Crippen LogP contribution in [0.2, 0.25) is 0 Å². The fraction of sp³-hybridized carbons (Fsp3) is 0.611. The van der Waals surface area contributed by atoms with E-state index in [1.54, 1.807) is 0 Å². The van der Waals surface area contributed by atoms with Gasteiger partial charge < -0.3 is 14.3 Å². The summed E-state index contributed by atoms with van der Waals surface area (Å²) in [5.41, 5.74) is 0.787. The monoisotopic (exact) mass is 330 g/mol. The van der Waals surface area contributed by atoms with Crippen LogP contribution in [0.3, 0.4) is 0 Å². The van der Waals surface area contributed by atoms with Crippen LogP contribution < -0.4 is 5.32 Å². The molecule has 3 rings (SSSR count). The number of amides is 1. The van der Waals surface area contributed by atoms with Crippen LogP contribution in [0, 0.1) is 0 Å². The summed E-state index contributed by atoms with van der Waals surface area (Å²) in [4.78, 5) is 12.4. The van der Waals surface area contributed by atoms with Gasteiger partial charge in [-0.05, 0) is 25.0 Å². The molecule has 24 heavy (non-hydrogen) atoms. The van der Waals surface area contributed by atoms with Crippen LogP contribution in [-0.4, -0.2) is 26.7 Å². The SMILES string of the molecule is CCc1nnc(-c2cccn2CC(=O)NC2CCCCCCC2)o1. The summed E-state index contributed by atoms with van der Waals surface area (Å²) in [5, 5.41) is 11.3. The highest BCUT2D eigenvalue weighted by Gasteiger charge is 2.17. The molecule has 2 aromatic heterocycles. The first-order valence-electron chi connectivity index (χ1n) is 9.03. The van der Waals surface area contributed by atoms with E-state index in [1.807, 2.05) is 29.8 Å². The van der Waals surface area contributed by atoms with Gasteiger partial charge in [-0.25, -0.2) is 0 Å². The fourth-order valence-corrected chi connectivity index (χ4v) is 3.27. The van der Waals surface area contributed by atoms with Gasteiger partial charge in [0.15, 0.2) is 0 Å². The van der Waals surface area contributed by atoms with Crippen molar-refractivity contribution in [2.24, 2.45) is 0 Å². The van der Waals surface area contributed by atoms with Crippen molar-refractivity contribution in [2.45, 2.75) is 70.9 Å². The predicted octanol–water partition coefficient (Wildman–Crippen LogP) is 3.33. The number of aromatic nitrogens is 3. The van der Waals surface area contributed by atoms with Crippen molar-refractivity contribution in [3.8, 4) is 11.6 Å². The van der Waals surface area contributed by atoms with Gasteiger partial charge in [0.2, 0.25) is 11.8 Å². The molecule has 1 amide bonds. The smallest absolute Gasteiger partial charge is 0.264 e. The highest BCUT2D eigenvalue weighted by atomic mass is 16.4. The molecule has 1 aliphatic rings. The fourth-order valence-electron chi connectivity index (χ4n) is 3.27. The lowest BCUT2D eigenvalue weighted by Gasteiger charge is -2.21. The lowest BCUT2D eigenvalue weighted by Crippen LogP contribution is -2.37. The molecular formula is C18H26N4O2. The van der Waals surface area contributed by atoms with Gasteiger partial charge in [-0.15, -0.1) is 10.2 Å². The van der Waals surface area contributed by atoms with E-state index < -0.39 is 0 Å². The molecule has 0 aromatic carbocycles. The van der Waals surface area contributed by atoms with Crippen LogP contribution in [0.15, 0.2) is 22.7 Å². The Morgan fingerprint density at radius 1 is 1.25 bits per heavy atom. The number of rotatable bonds is 5. The van der Waals surface area contributed by atoms with Gasteiger partial charge in [-0.1, -0.05) is 39.0 Å². The van der Waals surface area contributed by atoms with Crippen molar-refractivity contribution < 1.29 is 9.21 Å². The maximum atomic E-state index is 12.4. The number of hydrogen-bond acceptors (Lipinski definition) is 4. The van der Waals surface area contributed by atoms with E-state index in [9.17, 15) is 4.79 Å². The average molecular weight is 330 g/mol. The van der Waals surface area contributed by atoms with Gasteiger partial charge in [0, 0.05) is 18.7 Å². The third-order valence-corrected chi connectivity index (χ3v) is 4.60. The Balaban J connectivity index is 1.61. The number of carbonyl (C=O) groups is 1. The van der Waals surface area contributed by atoms with Gasteiger partial charge in [0.1, 0.15) is 12.2 Å². The van der Waals surface area contributed by atoms with Gasteiger partial charge >= 0.3 is 0 Å². The van der Waals surface area contributed by atoms with Crippen LogP contribution in [0.1, 0.15) is 57.8 Å². The summed E-state index contributed by atoms with van der Waals surface area (Å²) in [6.45, 7) is 2.25. The zero-order chi connectivity index (χ0) is 16.8. The lowest BCUT2D eigenvalue weighted by atomic mass is 9.97. The molecule has 0 aliphatic heterocycles. The molecule has 1 aliphatic carbocycles. The summed E-state index contributed by atoms with van der Waals surface area (Å²) in [7, 11) is 0. The second-order valence-electron chi connectivity index (χ2n) is 6.49. The maximum absolute atomic E-state index is 12.4. The van der Waals surface area contributed by atoms with Crippen LogP contribution in [0.25, 0.3) is 11.6 Å². The van der Waals surface area contributed by atoms with Crippen LogP contribution in [0.5, 0.6) is 0 Å². The second-order valence-corrected chi connectivity index (χ2v) is 6.49.